The van der Waals surface area contributed by atoms with Crippen molar-refractivity contribution in [1.82, 2.24) is 4.98 Å². The predicted molar refractivity (Wildman–Crippen MR) is 88.5 cm³/mol. The average molecular weight is 339 g/mol. The molecule has 0 radical (unpaired) electrons. The van der Waals surface area contributed by atoms with Crippen LogP contribution in [0.5, 0.6) is 0 Å². The van der Waals surface area contributed by atoms with Gasteiger partial charge in [0.15, 0.2) is 0 Å². The van der Waals surface area contributed by atoms with Gasteiger partial charge in [-0.15, -0.1) is 0 Å². The van der Waals surface area contributed by atoms with E-state index in [4.69, 9.17) is 5.73 Å². The highest BCUT2D eigenvalue weighted by molar-refractivity contribution is 9.10. The zero-order valence-electron chi connectivity index (χ0n) is 12.9. The van der Waals surface area contributed by atoms with E-state index in [1.165, 1.54) is 24.8 Å². The summed E-state index contributed by atoms with van der Waals surface area (Å²) in [5, 5.41) is 0. The van der Waals surface area contributed by atoms with E-state index < -0.39 is 0 Å². The first-order valence-electron chi connectivity index (χ1n) is 7.69. The van der Waals surface area contributed by atoms with Crippen molar-refractivity contribution in [3.05, 3.63) is 28.5 Å². The van der Waals surface area contributed by atoms with Gasteiger partial charge in [-0.05, 0) is 83.0 Å². The molecule has 1 fully saturated rings. The van der Waals surface area contributed by atoms with Gasteiger partial charge in [0, 0.05) is 16.9 Å². The fourth-order valence-electron chi connectivity index (χ4n) is 3.54. The summed E-state index contributed by atoms with van der Waals surface area (Å²) in [6.07, 6.45) is 8.88. The minimum atomic E-state index is 0.410. The zero-order valence-corrected chi connectivity index (χ0v) is 14.5. The van der Waals surface area contributed by atoms with Gasteiger partial charge in [-0.2, -0.15) is 0 Å². The minimum Gasteiger partial charge on any atom is -0.330 e. The van der Waals surface area contributed by atoms with Crippen molar-refractivity contribution in [3.63, 3.8) is 0 Å². The standard InChI is InChI=1S/C17H27BrN2/c1-17(2,3)15-5-4-13(9-19)14(8-15)6-12-7-16(18)11-20-10-12/h7,10-11,13-15H,4-6,8-9,19H2,1-3H3. The van der Waals surface area contributed by atoms with Crippen molar-refractivity contribution in [2.45, 2.75) is 46.5 Å². The molecule has 1 aliphatic rings. The third-order valence-electron chi connectivity index (χ3n) is 4.93. The predicted octanol–water partition coefficient (Wildman–Crippen LogP) is 4.42. The molecule has 0 spiro atoms. The van der Waals surface area contributed by atoms with Gasteiger partial charge >= 0.3 is 0 Å². The van der Waals surface area contributed by atoms with Gasteiger partial charge in [0.25, 0.3) is 0 Å². The third-order valence-corrected chi connectivity index (χ3v) is 5.36. The van der Waals surface area contributed by atoms with Gasteiger partial charge < -0.3 is 5.73 Å². The lowest BCUT2D eigenvalue weighted by atomic mass is 9.64. The fraction of sp³-hybridized carbons (Fsp3) is 0.706. The number of nitrogens with zero attached hydrogens (tertiary/aromatic N) is 1. The summed E-state index contributed by atoms with van der Waals surface area (Å²) >= 11 is 3.52. The molecular formula is C17H27BrN2. The summed E-state index contributed by atoms with van der Waals surface area (Å²) in [6, 6.07) is 2.20. The Labute approximate surface area is 131 Å². The minimum absolute atomic E-state index is 0.410. The first-order chi connectivity index (χ1) is 9.40. The van der Waals surface area contributed by atoms with E-state index >= 15 is 0 Å². The highest BCUT2D eigenvalue weighted by atomic mass is 79.9. The summed E-state index contributed by atoms with van der Waals surface area (Å²) in [4.78, 5) is 4.29. The Morgan fingerprint density at radius 3 is 2.60 bits per heavy atom. The molecule has 3 unspecified atom stereocenters. The first-order valence-corrected chi connectivity index (χ1v) is 8.49. The van der Waals surface area contributed by atoms with Crippen LogP contribution in [0.1, 0.15) is 45.6 Å². The molecule has 1 aromatic rings. The number of hydrogen-bond acceptors (Lipinski definition) is 2. The Kier molecular flexibility index (Phi) is 5.25. The molecule has 1 aromatic heterocycles. The van der Waals surface area contributed by atoms with E-state index in [-0.39, 0.29) is 0 Å². The van der Waals surface area contributed by atoms with E-state index in [1.807, 2.05) is 12.4 Å². The molecule has 2 N–H and O–H groups in total. The van der Waals surface area contributed by atoms with Crippen LogP contribution in [-0.2, 0) is 6.42 Å². The Bertz CT molecular complexity index is 439. The Balaban J connectivity index is 2.09. The Morgan fingerprint density at radius 2 is 2.00 bits per heavy atom. The van der Waals surface area contributed by atoms with Crippen molar-refractivity contribution in [1.29, 1.82) is 0 Å². The van der Waals surface area contributed by atoms with Gasteiger partial charge in [0.05, 0.1) is 0 Å². The number of halogens is 1. The second kappa shape index (κ2) is 6.57. The molecule has 1 heterocycles. The van der Waals surface area contributed by atoms with Crippen LogP contribution in [0.4, 0.5) is 0 Å². The lowest BCUT2D eigenvalue weighted by Gasteiger charge is -2.41. The van der Waals surface area contributed by atoms with Crippen molar-refractivity contribution in [2.24, 2.45) is 28.9 Å². The number of rotatable bonds is 3. The maximum atomic E-state index is 6.01. The summed E-state index contributed by atoms with van der Waals surface area (Å²) in [7, 11) is 0. The second-order valence-corrected chi connectivity index (χ2v) is 8.26. The highest BCUT2D eigenvalue weighted by Gasteiger charge is 2.35. The van der Waals surface area contributed by atoms with Crippen LogP contribution in [-0.4, -0.2) is 11.5 Å². The highest BCUT2D eigenvalue weighted by Crippen LogP contribution is 2.43. The molecule has 3 heteroatoms. The van der Waals surface area contributed by atoms with Gasteiger partial charge in [0.2, 0.25) is 0 Å². The van der Waals surface area contributed by atoms with Crippen molar-refractivity contribution in [2.75, 3.05) is 6.54 Å². The van der Waals surface area contributed by atoms with Gasteiger partial charge in [-0.3, -0.25) is 4.98 Å². The normalized spacial score (nSPS) is 27.6. The molecule has 0 amide bonds. The molecule has 0 aliphatic heterocycles. The van der Waals surface area contributed by atoms with E-state index in [2.05, 4.69) is 47.8 Å². The number of aromatic nitrogens is 1. The number of hydrogen-bond donors (Lipinski definition) is 1. The van der Waals surface area contributed by atoms with Crippen LogP contribution in [0.15, 0.2) is 22.9 Å². The van der Waals surface area contributed by atoms with E-state index in [0.717, 1.165) is 23.4 Å². The average Bonchev–Trinajstić information content (AvgIpc) is 2.37. The maximum Gasteiger partial charge on any atom is 0.0410 e. The fourth-order valence-corrected chi connectivity index (χ4v) is 3.96. The van der Waals surface area contributed by atoms with Crippen LogP contribution in [0, 0.1) is 23.2 Å². The summed E-state index contributed by atoms with van der Waals surface area (Å²) in [6.45, 7) is 7.94. The third kappa shape index (κ3) is 4.05. The molecule has 20 heavy (non-hydrogen) atoms. The molecule has 2 nitrogen and oxygen atoms in total. The van der Waals surface area contributed by atoms with E-state index in [0.29, 0.717) is 17.3 Å². The molecule has 0 saturated heterocycles. The van der Waals surface area contributed by atoms with Crippen molar-refractivity contribution < 1.29 is 0 Å². The van der Waals surface area contributed by atoms with Crippen LogP contribution in [0.3, 0.4) is 0 Å². The smallest absolute Gasteiger partial charge is 0.0410 e. The number of pyridine rings is 1. The summed E-state index contributed by atoms with van der Waals surface area (Å²) < 4.78 is 1.07. The van der Waals surface area contributed by atoms with E-state index in [1.54, 1.807) is 0 Å². The van der Waals surface area contributed by atoms with Gasteiger partial charge in [-0.1, -0.05) is 20.8 Å². The molecule has 1 aliphatic carbocycles. The van der Waals surface area contributed by atoms with Crippen LogP contribution < -0.4 is 5.73 Å². The molecular weight excluding hydrogens is 312 g/mol. The number of nitrogens with two attached hydrogens (primary N) is 1. The lowest BCUT2D eigenvalue weighted by molar-refractivity contribution is 0.101. The van der Waals surface area contributed by atoms with Gasteiger partial charge in [-0.25, -0.2) is 0 Å². The van der Waals surface area contributed by atoms with Crippen molar-refractivity contribution in [3.8, 4) is 0 Å². The van der Waals surface area contributed by atoms with Crippen LogP contribution in [0.25, 0.3) is 0 Å². The lowest BCUT2D eigenvalue weighted by Crippen LogP contribution is -2.36. The quantitative estimate of drug-likeness (QED) is 0.885. The van der Waals surface area contributed by atoms with E-state index in [9.17, 15) is 0 Å². The Hall–Kier alpha value is -0.410. The summed E-state index contributed by atoms with van der Waals surface area (Å²) in [5.41, 5.74) is 7.75. The largest absolute Gasteiger partial charge is 0.330 e. The first kappa shape index (κ1) is 16.0. The molecule has 0 bridgehead atoms. The molecule has 3 atom stereocenters. The monoisotopic (exact) mass is 338 g/mol. The van der Waals surface area contributed by atoms with Gasteiger partial charge in [0.1, 0.15) is 0 Å². The molecule has 0 aromatic carbocycles. The maximum absolute atomic E-state index is 6.01. The molecule has 2 rings (SSSR count). The van der Waals surface area contributed by atoms with Crippen molar-refractivity contribution >= 4 is 15.9 Å². The van der Waals surface area contributed by atoms with Crippen LogP contribution in [0.2, 0.25) is 0 Å². The topological polar surface area (TPSA) is 38.9 Å². The second-order valence-electron chi connectivity index (χ2n) is 7.35. The molecule has 112 valence electrons. The zero-order chi connectivity index (χ0) is 14.8. The summed E-state index contributed by atoms with van der Waals surface area (Å²) in [5.74, 6) is 2.19. The SMILES string of the molecule is CC(C)(C)C1CCC(CN)C(Cc2cncc(Br)c2)C1. The Morgan fingerprint density at radius 1 is 1.25 bits per heavy atom. The van der Waals surface area contributed by atoms with Crippen LogP contribution >= 0.6 is 15.9 Å². The molecule has 1 saturated carbocycles.